The standard InChI is InChI=1S/C14H6F20O2/c1-2-3(35)36-6(18)8(21,22)10(25,26)12(29,30)14(33,34)13(31,32)11(27,28)9(23,24)7(19,20)4(15)5(16)17/h2,4-6H,1H2. The minimum Gasteiger partial charge on any atom is -0.421 e. The Morgan fingerprint density at radius 2 is 0.833 bits per heavy atom. The summed E-state index contributed by atoms with van der Waals surface area (Å²) in [6.07, 6.45) is -17.2. The van der Waals surface area contributed by atoms with Gasteiger partial charge in [0.25, 0.3) is 6.43 Å². The fraction of sp³-hybridized carbons (Fsp3) is 0.786. The van der Waals surface area contributed by atoms with E-state index < -0.39 is 72.3 Å². The maximum atomic E-state index is 13.5. The number of carbonyl (C=O) groups excluding carboxylic acids is 1. The molecule has 2 nitrogen and oxygen atoms in total. The van der Waals surface area contributed by atoms with Gasteiger partial charge in [-0.15, -0.1) is 0 Å². The summed E-state index contributed by atoms with van der Waals surface area (Å²) in [6, 6.07) is 0. The Labute approximate surface area is 183 Å². The molecular formula is C14H6F20O2. The summed E-state index contributed by atoms with van der Waals surface area (Å²) >= 11 is 0. The van der Waals surface area contributed by atoms with E-state index in [4.69, 9.17) is 0 Å². The Balaban J connectivity index is 6.88. The van der Waals surface area contributed by atoms with E-state index in [9.17, 15) is 92.6 Å². The van der Waals surface area contributed by atoms with E-state index in [2.05, 4.69) is 11.3 Å². The predicted octanol–water partition coefficient (Wildman–Crippen LogP) is 6.70. The molecule has 214 valence electrons. The molecule has 0 aliphatic heterocycles. The highest BCUT2D eigenvalue weighted by Gasteiger charge is 2.96. The molecule has 0 aromatic rings. The third-order valence-corrected chi connectivity index (χ3v) is 4.05. The fourth-order valence-electron chi connectivity index (χ4n) is 1.91. The monoisotopic (exact) mass is 586 g/mol. The maximum absolute atomic E-state index is 13.5. The van der Waals surface area contributed by atoms with Gasteiger partial charge < -0.3 is 4.74 Å². The van der Waals surface area contributed by atoms with Crippen LogP contribution in [0.1, 0.15) is 0 Å². The average molecular weight is 586 g/mol. The molecule has 0 fully saturated rings. The van der Waals surface area contributed by atoms with Crippen LogP contribution < -0.4 is 0 Å². The van der Waals surface area contributed by atoms with Crippen molar-refractivity contribution in [1.82, 2.24) is 0 Å². The third-order valence-electron chi connectivity index (χ3n) is 4.05. The summed E-state index contributed by atoms with van der Waals surface area (Å²) in [7, 11) is 0. The zero-order valence-corrected chi connectivity index (χ0v) is 15.9. The van der Waals surface area contributed by atoms with E-state index >= 15 is 0 Å². The lowest BCUT2D eigenvalue weighted by Crippen LogP contribution is -2.76. The smallest absolute Gasteiger partial charge is 0.385 e. The van der Waals surface area contributed by atoms with Gasteiger partial charge in [0.15, 0.2) is 0 Å². The van der Waals surface area contributed by atoms with Gasteiger partial charge in [-0.2, -0.15) is 74.6 Å². The van der Waals surface area contributed by atoms with Crippen molar-refractivity contribution in [2.45, 2.75) is 66.3 Å². The van der Waals surface area contributed by atoms with Crippen LogP contribution in [-0.2, 0) is 9.53 Å². The van der Waals surface area contributed by atoms with Crippen LogP contribution in [0, 0.1) is 0 Å². The number of esters is 1. The quantitative estimate of drug-likeness (QED) is 0.145. The average Bonchev–Trinajstić information content (AvgIpc) is 2.71. The highest BCUT2D eigenvalue weighted by Crippen LogP contribution is 2.64. The summed E-state index contributed by atoms with van der Waals surface area (Å²) in [6.45, 7) is 2.34. The molecule has 0 rings (SSSR count). The first-order valence-corrected chi connectivity index (χ1v) is 7.90. The van der Waals surface area contributed by atoms with Crippen molar-refractivity contribution < 1.29 is 97.3 Å². The number of alkyl halides is 20. The molecule has 2 unspecified atom stereocenters. The van der Waals surface area contributed by atoms with Crippen molar-refractivity contribution in [2.75, 3.05) is 0 Å². The van der Waals surface area contributed by atoms with E-state index in [1.54, 1.807) is 0 Å². The van der Waals surface area contributed by atoms with E-state index in [1.165, 1.54) is 0 Å². The normalized spacial score (nSPS) is 17.1. The van der Waals surface area contributed by atoms with Crippen molar-refractivity contribution in [3.05, 3.63) is 12.7 Å². The minimum absolute atomic E-state index is 0.345. The van der Waals surface area contributed by atoms with Gasteiger partial charge in [0.2, 0.25) is 6.17 Å². The van der Waals surface area contributed by atoms with Gasteiger partial charge in [-0.05, 0) is 0 Å². The summed E-state index contributed by atoms with van der Waals surface area (Å²) in [5, 5.41) is 0. The molecule has 0 aromatic carbocycles. The molecule has 0 saturated carbocycles. The second-order valence-corrected chi connectivity index (χ2v) is 6.39. The predicted molar refractivity (Wildman–Crippen MR) is 71.7 cm³/mol. The molecular weight excluding hydrogens is 580 g/mol. The van der Waals surface area contributed by atoms with Crippen molar-refractivity contribution >= 4 is 5.97 Å². The van der Waals surface area contributed by atoms with Crippen LogP contribution in [-0.4, -0.2) is 72.3 Å². The first kappa shape index (κ1) is 33.8. The molecule has 0 aromatic heterocycles. The molecule has 0 aliphatic carbocycles. The van der Waals surface area contributed by atoms with E-state index in [-0.39, 0.29) is 6.08 Å². The highest BCUT2D eigenvalue weighted by molar-refractivity contribution is 5.81. The summed E-state index contributed by atoms with van der Waals surface area (Å²) in [4.78, 5) is 10.5. The van der Waals surface area contributed by atoms with Crippen LogP contribution in [0.3, 0.4) is 0 Å². The molecule has 22 heteroatoms. The summed E-state index contributed by atoms with van der Waals surface area (Å²) in [5.41, 5.74) is 0. The molecule has 0 N–H and O–H groups in total. The van der Waals surface area contributed by atoms with Crippen LogP contribution in [0.2, 0.25) is 0 Å². The van der Waals surface area contributed by atoms with Crippen LogP contribution in [0.4, 0.5) is 87.8 Å². The zero-order valence-electron chi connectivity index (χ0n) is 15.9. The second-order valence-electron chi connectivity index (χ2n) is 6.39. The zero-order chi connectivity index (χ0) is 29.7. The van der Waals surface area contributed by atoms with Crippen LogP contribution in [0.25, 0.3) is 0 Å². The number of hydrogen-bond donors (Lipinski definition) is 0. The van der Waals surface area contributed by atoms with Gasteiger partial charge in [-0.25, -0.2) is 18.0 Å². The summed E-state index contributed by atoms with van der Waals surface area (Å²) in [5.74, 6) is -70.6. The second kappa shape index (κ2) is 9.28. The molecule has 0 bridgehead atoms. The first-order valence-electron chi connectivity index (χ1n) is 7.90. The Kier molecular flexibility index (Phi) is 8.72. The Morgan fingerprint density at radius 3 is 1.11 bits per heavy atom. The maximum Gasteiger partial charge on any atom is 0.385 e. The van der Waals surface area contributed by atoms with Gasteiger partial charge in [0, 0.05) is 6.08 Å². The van der Waals surface area contributed by atoms with Crippen LogP contribution in [0.15, 0.2) is 12.7 Å². The third kappa shape index (κ3) is 4.40. The van der Waals surface area contributed by atoms with E-state index in [0.717, 1.165) is 0 Å². The van der Waals surface area contributed by atoms with Gasteiger partial charge in [0.05, 0.1) is 0 Å². The molecule has 0 spiro atoms. The van der Waals surface area contributed by atoms with Crippen LogP contribution in [0.5, 0.6) is 0 Å². The van der Waals surface area contributed by atoms with E-state index in [0.29, 0.717) is 0 Å². The molecule has 0 amide bonds. The Bertz CT molecular complexity index is 817. The van der Waals surface area contributed by atoms with Crippen molar-refractivity contribution in [3.63, 3.8) is 0 Å². The van der Waals surface area contributed by atoms with Gasteiger partial charge in [-0.3, -0.25) is 0 Å². The largest absolute Gasteiger partial charge is 0.421 e. The minimum atomic E-state index is -9.03. The lowest BCUT2D eigenvalue weighted by Gasteiger charge is -2.44. The Hall–Kier alpha value is -2.19. The first-order chi connectivity index (χ1) is 15.5. The van der Waals surface area contributed by atoms with Crippen molar-refractivity contribution in [3.8, 4) is 0 Å². The van der Waals surface area contributed by atoms with E-state index in [1.807, 2.05) is 0 Å². The van der Waals surface area contributed by atoms with Crippen LogP contribution >= 0.6 is 0 Å². The number of carbonyl (C=O) groups is 1. The molecule has 2 atom stereocenters. The Morgan fingerprint density at radius 1 is 0.556 bits per heavy atom. The van der Waals surface area contributed by atoms with Crippen molar-refractivity contribution in [2.24, 2.45) is 0 Å². The fourth-order valence-corrected chi connectivity index (χ4v) is 1.91. The topological polar surface area (TPSA) is 26.3 Å². The summed E-state index contributed by atoms with van der Waals surface area (Å²) < 4.78 is 266. The molecule has 0 aliphatic rings. The number of hydrogen-bond acceptors (Lipinski definition) is 2. The van der Waals surface area contributed by atoms with Crippen molar-refractivity contribution in [1.29, 1.82) is 0 Å². The van der Waals surface area contributed by atoms with Gasteiger partial charge in [0.1, 0.15) is 0 Å². The number of ether oxygens (including phenoxy) is 1. The van der Waals surface area contributed by atoms with Gasteiger partial charge in [-0.1, -0.05) is 6.58 Å². The highest BCUT2D eigenvalue weighted by atomic mass is 19.4. The lowest BCUT2D eigenvalue weighted by atomic mass is 9.86. The SMILES string of the molecule is C=CC(=O)OC(F)C(F)(F)C(F)(F)C(F)(F)C(F)(F)C(F)(F)C(F)(F)C(F)(F)C(F)(F)C(F)C(F)F. The van der Waals surface area contributed by atoms with Gasteiger partial charge >= 0.3 is 59.7 Å². The molecule has 0 radical (unpaired) electrons. The molecule has 0 heterocycles. The molecule has 36 heavy (non-hydrogen) atoms. The lowest BCUT2D eigenvalue weighted by molar-refractivity contribution is -0.461. The number of halogens is 20. The number of rotatable bonds is 12. The molecule has 0 saturated heterocycles.